The molecule has 6 nitrogen and oxygen atoms in total. The van der Waals surface area contributed by atoms with Crippen LogP contribution in [0.1, 0.15) is 17.3 Å². The second kappa shape index (κ2) is 5.49. The van der Waals surface area contributed by atoms with Gasteiger partial charge in [0.25, 0.3) is 0 Å². The van der Waals surface area contributed by atoms with Crippen LogP contribution in [-0.2, 0) is 4.74 Å². The SMILES string of the molecule is CCOC(=O)c1ccc(OC)c([N+](=O)[O-])c1Cl. The van der Waals surface area contributed by atoms with Crippen molar-refractivity contribution in [2.75, 3.05) is 13.7 Å². The fourth-order valence-corrected chi connectivity index (χ4v) is 1.55. The van der Waals surface area contributed by atoms with E-state index in [0.29, 0.717) is 0 Å². The van der Waals surface area contributed by atoms with Crippen molar-refractivity contribution in [2.24, 2.45) is 0 Å². The first kappa shape index (κ1) is 13.2. The molecule has 92 valence electrons. The molecule has 0 saturated carbocycles. The molecule has 7 heteroatoms. The predicted octanol–water partition coefficient (Wildman–Crippen LogP) is 2.43. The summed E-state index contributed by atoms with van der Waals surface area (Å²) in [4.78, 5) is 21.6. The van der Waals surface area contributed by atoms with Gasteiger partial charge >= 0.3 is 11.7 Å². The molecule has 1 aromatic rings. The van der Waals surface area contributed by atoms with Gasteiger partial charge < -0.3 is 9.47 Å². The number of nitro benzene ring substituents is 1. The highest BCUT2D eigenvalue weighted by molar-refractivity contribution is 6.36. The summed E-state index contributed by atoms with van der Waals surface area (Å²) in [5.41, 5.74) is -0.499. The van der Waals surface area contributed by atoms with Gasteiger partial charge in [-0.25, -0.2) is 4.79 Å². The van der Waals surface area contributed by atoms with Gasteiger partial charge in [0, 0.05) is 0 Å². The average molecular weight is 260 g/mol. The number of hydrogen-bond donors (Lipinski definition) is 0. The molecule has 1 aromatic carbocycles. The van der Waals surface area contributed by atoms with E-state index in [1.54, 1.807) is 6.92 Å². The Bertz CT molecular complexity index is 460. The Kier molecular flexibility index (Phi) is 4.28. The minimum Gasteiger partial charge on any atom is -0.490 e. The Morgan fingerprint density at radius 1 is 1.53 bits per heavy atom. The lowest BCUT2D eigenvalue weighted by Crippen LogP contribution is -2.07. The van der Waals surface area contributed by atoms with Crippen LogP contribution in [-0.4, -0.2) is 24.6 Å². The number of rotatable bonds is 4. The van der Waals surface area contributed by atoms with Gasteiger partial charge in [0.05, 0.1) is 24.2 Å². The third kappa shape index (κ3) is 2.65. The van der Waals surface area contributed by atoms with Gasteiger partial charge in [-0.05, 0) is 19.1 Å². The van der Waals surface area contributed by atoms with Crippen LogP contribution in [0.25, 0.3) is 0 Å². The molecule has 0 aliphatic heterocycles. The number of benzene rings is 1. The Morgan fingerprint density at radius 2 is 2.18 bits per heavy atom. The summed E-state index contributed by atoms with van der Waals surface area (Å²) in [5.74, 6) is -0.712. The molecule has 17 heavy (non-hydrogen) atoms. The zero-order valence-corrected chi connectivity index (χ0v) is 9.98. The number of nitrogens with zero attached hydrogens (tertiary/aromatic N) is 1. The molecule has 0 spiro atoms. The van der Waals surface area contributed by atoms with Crippen LogP contribution in [0, 0.1) is 10.1 Å². The highest BCUT2D eigenvalue weighted by Gasteiger charge is 2.26. The second-order valence-electron chi connectivity index (χ2n) is 2.96. The van der Waals surface area contributed by atoms with Crippen molar-refractivity contribution in [1.29, 1.82) is 0 Å². The third-order valence-corrected chi connectivity index (χ3v) is 2.36. The van der Waals surface area contributed by atoms with Crippen LogP contribution < -0.4 is 4.74 Å². The normalized spacial score (nSPS) is 9.82. The number of esters is 1. The van der Waals surface area contributed by atoms with Crippen LogP contribution in [0.15, 0.2) is 12.1 Å². The van der Waals surface area contributed by atoms with Gasteiger partial charge in [0.2, 0.25) is 0 Å². The van der Waals surface area contributed by atoms with Crippen molar-refractivity contribution in [3.63, 3.8) is 0 Å². The predicted molar refractivity (Wildman–Crippen MR) is 60.6 cm³/mol. The summed E-state index contributed by atoms with van der Waals surface area (Å²) in [7, 11) is 1.28. The van der Waals surface area contributed by atoms with Crippen molar-refractivity contribution in [3.05, 3.63) is 32.8 Å². The Morgan fingerprint density at radius 3 is 2.65 bits per heavy atom. The van der Waals surface area contributed by atoms with E-state index >= 15 is 0 Å². The fourth-order valence-electron chi connectivity index (χ4n) is 1.25. The van der Waals surface area contributed by atoms with E-state index in [-0.39, 0.29) is 22.9 Å². The van der Waals surface area contributed by atoms with E-state index in [1.807, 2.05) is 0 Å². The number of nitro groups is 1. The molecule has 0 N–H and O–H groups in total. The van der Waals surface area contributed by atoms with Crippen LogP contribution in [0.3, 0.4) is 0 Å². The van der Waals surface area contributed by atoms with Crippen LogP contribution in [0.5, 0.6) is 5.75 Å². The molecule has 0 aliphatic rings. The molecule has 0 aromatic heterocycles. The summed E-state index contributed by atoms with van der Waals surface area (Å²) < 4.78 is 9.53. The average Bonchev–Trinajstić information content (AvgIpc) is 2.27. The minimum absolute atomic E-state index is 0.00644. The number of methoxy groups -OCH3 is 1. The van der Waals surface area contributed by atoms with Gasteiger partial charge in [-0.3, -0.25) is 10.1 Å². The lowest BCUT2D eigenvalue weighted by Gasteiger charge is -2.07. The lowest BCUT2D eigenvalue weighted by atomic mass is 10.2. The molecule has 0 radical (unpaired) electrons. The first-order chi connectivity index (χ1) is 8.02. The molecule has 0 aliphatic carbocycles. The van der Waals surface area contributed by atoms with Crippen molar-refractivity contribution in [2.45, 2.75) is 6.92 Å². The molecule has 0 amide bonds. The zero-order valence-electron chi connectivity index (χ0n) is 9.23. The maximum atomic E-state index is 11.5. The van der Waals surface area contributed by atoms with Gasteiger partial charge in [-0.1, -0.05) is 11.6 Å². The van der Waals surface area contributed by atoms with Gasteiger partial charge in [-0.15, -0.1) is 0 Å². The van der Waals surface area contributed by atoms with E-state index in [2.05, 4.69) is 0 Å². The summed E-state index contributed by atoms with van der Waals surface area (Å²) in [6, 6.07) is 2.63. The largest absolute Gasteiger partial charge is 0.490 e. The highest BCUT2D eigenvalue weighted by Crippen LogP contribution is 2.37. The molecular weight excluding hydrogens is 250 g/mol. The quantitative estimate of drug-likeness (QED) is 0.471. The van der Waals surface area contributed by atoms with Crippen LogP contribution >= 0.6 is 11.6 Å². The van der Waals surface area contributed by atoms with Gasteiger partial charge in [0.15, 0.2) is 5.75 Å². The van der Waals surface area contributed by atoms with Crippen molar-refractivity contribution >= 4 is 23.3 Å². The Hall–Kier alpha value is -1.82. The number of halogens is 1. The van der Waals surface area contributed by atoms with E-state index in [4.69, 9.17) is 21.1 Å². The minimum atomic E-state index is -0.705. The maximum Gasteiger partial charge on any atom is 0.339 e. The van der Waals surface area contributed by atoms with E-state index in [0.717, 1.165) is 0 Å². The molecule has 0 atom stereocenters. The monoisotopic (exact) mass is 259 g/mol. The number of ether oxygens (including phenoxy) is 2. The number of carbonyl (C=O) groups excluding carboxylic acids is 1. The van der Waals surface area contributed by atoms with E-state index in [9.17, 15) is 14.9 Å². The van der Waals surface area contributed by atoms with Gasteiger partial charge in [0.1, 0.15) is 5.02 Å². The third-order valence-electron chi connectivity index (χ3n) is 1.98. The molecule has 0 bridgehead atoms. The smallest absolute Gasteiger partial charge is 0.339 e. The topological polar surface area (TPSA) is 78.7 Å². The Labute approximate surface area is 102 Å². The lowest BCUT2D eigenvalue weighted by molar-refractivity contribution is -0.385. The first-order valence-corrected chi connectivity index (χ1v) is 5.08. The molecular formula is C10H10ClNO5. The number of carbonyl (C=O) groups is 1. The molecule has 0 heterocycles. The summed E-state index contributed by atoms with van der Waals surface area (Å²) in [6.07, 6.45) is 0. The highest BCUT2D eigenvalue weighted by atomic mass is 35.5. The summed E-state index contributed by atoms with van der Waals surface area (Å²) >= 11 is 5.80. The summed E-state index contributed by atoms with van der Waals surface area (Å²) in [5, 5.41) is 10.5. The Balaban J connectivity index is 3.32. The standard InChI is InChI=1S/C10H10ClNO5/c1-3-17-10(13)6-4-5-7(16-2)9(8(6)11)12(14)15/h4-5H,3H2,1-2H3. The van der Waals surface area contributed by atoms with Crippen molar-refractivity contribution < 1.29 is 19.2 Å². The fraction of sp³-hybridized carbons (Fsp3) is 0.300. The van der Waals surface area contributed by atoms with E-state index < -0.39 is 16.6 Å². The first-order valence-electron chi connectivity index (χ1n) is 4.70. The molecule has 0 saturated heterocycles. The van der Waals surface area contributed by atoms with E-state index in [1.165, 1.54) is 19.2 Å². The van der Waals surface area contributed by atoms with Crippen LogP contribution in [0.2, 0.25) is 5.02 Å². The number of hydrogen-bond acceptors (Lipinski definition) is 5. The molecule has 0 unspecified atom stereocenters. The van der Waals surface area contributed by atoms with Crippen LogP contribution in [0.4, 0.5) is 5.69 Å². The summed E-state index contributed by atoms with van der Waals surface area (Å²) in [6.45, 7) is 1.79. The molecule has 1 rings (SSSR count). The van der Waals surface area contributed by atoms with Crippen molar-refractivity contribution in [1.82, 2.24) is 0 Å². The van der Waals surface area contributed by atoms with Gasteiger partial charge in [-0.2, -0.15) is 0 Å². The molecule has 0 fully saturated rings. The zero-order chi connectivity index (χ0) is 13.0. The maximum absolute atomic E-state index is 11.5. The van der Waals surface area contributed by atoms with Crippen molar-refractivity contribution in [3.8, 4) is 5.75 Å². The second-order valence-corrected chi connectivity index (χ2v) is 3.33.